The highest BCUT2D eigenvalue weighted by Gasteiger charge is 2.33. The number of amides is 2. The predicted molar refractivity (Wildman–Crippen MR) is 127 cm³/mol. The van der Waals surface area contributed by atoms with Crippen LogP contribution in [0.2, 0.25) is 0 Å². The van der Waals surface area contributed by atoms with Crippen LogP contribution in [-0.2, 0) is 19.6 Å². The van der Waals surface area contributed by atoms with Crippen molar-refractivity contribution in [2.75, 3.05) is 45.1 Å². The van der Waals surface area contributed by atoms with Crippen LogP contribution < -0.4 is 24.8 Å². The molecule has 1 fully saturated rings. The molecule has 1 aliphatic heterocycles. The summed E-state index contributed by atoms with van der Waals surface area (Å²) < 4.78 is 43.3. The average Bonchev–Trinajstić information content (AvgIpc) is 2.83. The molecule has 10 nitrogen and oxygen atoms in total. The first-order valence-corrected chi connectivity index (χ1v) is 12.1. The van der Waals surface area contributed by atoms with Gasteiger partial charge in [-0.25, -0.2) is 8.42 Å². The highest BCUT2D eigenvalue weighted by molar-refractivity contribution is 7.89. The Bertz CT molecular complexity index is 1160. The fraction of sp³-hybridized carbons (Fsp3) is 0.391. The molecule has 0 unspecified atom stereocenters. The summed E-state index contributed by atoms with van der Waals surface area (Å²) in [5.74, 6) is 0.386. The van der Waals surface area contributed by atoms with E-state index in [1.54, 1.807) is 24.3 Å². The monoisotopic (exact) mass is 491 g/mol. The first kappa shape index (κ1) is 25.3. The second-order valence-corrected chi connectivity index (χ2v) is 9.72. The number of sulfonamides is 1. The maximum Gasteiger partial charge on any atom is 0.243 e. The van der Waals surface area contributed by atoms with Crippen molar-refractivity contribution >= 4 is 33.2 Å². The summed E-state index contributed by atoms with van der Waals surface area (Å²) in [5.41, 5.74) is 0.957. The summed E-state index contributed by atoms with van der Waals surface area (Å²) in [6.45, 7) is 1.81. The van der Waals surface area contributed by atoms with E-state index in [-0.39, 0.29) is 35.7 Å². The number of rotatable bonds is 8. The van der Waals surface area contributed by atoms with Crippen molar-refractivity contribution < 1.29 is 32.2 Å². The lowest BCUT2D eigenvalue weighted by atomic mass is 9.97. The molecule has 0 bridgehead atoms. The van der Waals surface area contributed by atoms with Crippen molar-refractivity contribution in [1.82, 2.24) is 4.31 Å². The van der Waals surface area contributed by atoms with Gasteiger partial charge in [-0.3, -0.25) is 9.59 Å². The molecule has 1 aliphatic rings. The molecule has 34 heavy (non-hydrogen) atoms. The second-order valence-electron chi connectivity index (χ2n) is 7.78. The zero-order chi connectivity index (χ0) is 24.9. The van der Waals surface area contributed by atoms with Gasteiger partial charge < -0.3 is 24.8 Å². The second kappa shape index (κ2) is 10.7. The van der Waals surface area contributed by atoms with Gasteiger partial charge in [0.05, 0.1) is 31.9 Å². The number of piperidine rings is 1. The van der Waals surface area contributed by atoms with Crippen LogP contribution in [0.1, 0.15) is 19.8 Å². The van der Waals surface area contributed by atoms with Crippen LogP contribution in [0.25, 0.3) is 0 Å². The molecule has 0 aliphatic carbocycles. The summed E-state index contributed by atoms with van der Waals surface area (Å²) in [5, 5.41) is 5.51. The minimum absolute atomic E-state index is 0.104. The Balaban J connectivity index is 1.68. The fourth-order valence-corrected chi connectivity index (χ4v) is 5.29. The zero-order valence-electron chi connectivity index (χ0n) is 19.6. The smallest absolute Gasteiger partial charge is 0.243 e. The van der Waals surface area contributed by atoms with Crippen LogP contribution in [0.4, 0.5) is 11.4 Å². The van der Waals surface area contributed by atoms with Crippen LogP contribution >= 0.6 is 0 Å². The molecule has 2 N–H and O–H groups in total. The zero-order valence-corrected chi connectivity index (χ0v) is 20.4. The molecule has 0 aromatic heterocycles. The Labute approximate surface area is 199 Å². The van der Waals surface area contributed by atoms with Gasteiger partial charge in [-0.1, -0.05) is 0 Å². The molecule has 0 atom stereocenters. The molecule has 0 radical (unpaired) electrons. The maximum absolute atomic E-state index is 13.1. The molecule has 0 saturated carbocycles. The summed E-state index contributed by atoms with van der Waals surface area (Å²) in [7, 11) is 0.660. The van der Waals surface area contributed by atoms with Gasteiger partial charge in [0.15, 0.2) is 11.5 Å². The number of carbonyl (C=O) groups is 2. The van der Waals surface area contributed by atoms with Gasteiger partial charge in [0.2, 0.25) is 21.8 Å². The van der Waals surface area contributed by atoms with Crippen molar-refractivity contribution in [2.24, 2.45) is 5.92 Å². The van der Waals surface area contributed by atoms with E-state index in [0.717, 1.165) is 0 Å². The summed E-state index contributed by atoms with van der Waals surface area (Å²) in [4.78, 5) is 24.3. The number of nitrogens with one attached hydrogen (secondary N) is 2. The van der Waals surface area contributed by atoms with E-state index in [4.69, 9.17) is 14.2 Å². The number of methoxy groups -OCH3 is 3. The number of hydrogen-bond donors (Lipinski definition) is 2. The number of ether oxygens (including phenoxy) is 3. The maximum atomic E-state index is 13.1. The summed E-state index contributed by atoms with van der Waals surface area (Å²) in [6, 6.07) is 9.40. The first-order chi connectivity index (χ1) is 16.2. The van der Waals surface area contributed by atoms with E-state index in [1.807, 2.05) is 0 Å². The first-order valence-electron chi connectivity index (χ1n) is 10.7. The molecule has 184 valence electrons. The SMILES string of the molecule is COc1ccc(NC(C)=O)cc1NC(=O)C1CCN(S(=O)(=O)c2ccc(OC)c(OC)c2)CC1. The number of carbonyl (C=O) groups excluding carboxylic acids is 2. The van der Waals surface area contributed by atoms with Crippen LogP contribution in [0, 0.1) is 5.92 Å². The van der Waals surface area contributed by atoms with Gasteiger partial charge in [0, 0.05) is 37.7 Å². The normalized spacial score (nSPS) is 14.8. The van der Waals surface area contributed by atoms with Crippen molar-refractivity contribution in [3.8, 4) is 17.2 Å². The van der Waals surface area contributed by atoms with Gasteiger partial charge >= 0.3 is 0 Å². The van der Waals surface area contributed by atoms with Gasteiger partial charge in [-0.15, -0.1) is 0 Å². The Hall–Kier alpha value is -3.31. The Morgan fingerprint density at radius 1 is 0.882 bits per heavy atom. The topological polar surface area (TPSA) is 123 Å². The molecule has 1 saturated heterocycles. The number of hydrogen-bond acceptors (Lipinski definition) is 7. The molecular formula is C23H29N3O7S. The van der Waals surface area contributed by atoms with Crippen molar-refractivity contribution in [3.05, 3.63) is 36.4 Å². The van der Waals surface area contributed by atoms with Crippen molar-refractivity contribution in [3.63, 3.8) is 0 Å². The van der Waals surface area contributed by atoms with E-state index < -0.39 is 10.0 Å². The van der Waals surface area contributed by atoms with Gasteiger partial charge in [-0.05, 0) is 43.2 Å². The molecule has 1 heterocycles. The summed E-state index contributed by atoms with van der Waals surface area (Å²) in [6.07, 6.45) is 0.734. The third-order valence-electron chi connectivity index (χ3n) is 5.60. The molecular weight excluding hydrogens is 462 g/mol. The highest BCUT2D eigenvalue weighted by atomic mass is 32.2. The van der Waals surface area contributed by atoms with Gasteiger partial charge in [0.1, 0.15) is 5.75 Å². The van der Waals surface area contributed by atoms with Crippen LogP contribution in [0.5, 0.6) is 17.2 Å². The standard InChI is InChI=1S/C23H29N3O7S/c1-15(27)24-17-5-7-20(31-2)19(13-17)25-23(28)16-9-11-26(12-10-16)34(29,30)18-6-8-21(32-3)22(14-18)33-4/h5-8,13-14,16H,9-12H2,1-4H3,(H,24,27)(H,25,28). The molecule has 11 heteroatoms. The van der Waals surface area contributed by atoms with Crippen LogP contribution in [0.15, 0.2) is 41.3 Å². The van der Waals surface area contributed by atoms with E-state index in [1.165, 1.54) is 44.7 Å². The van der Waals surface area contributed by atoms with Gasteiger partial charge in [-0.2, -0.15) is 4.31 Å². The highest BCUT2D eigenvalue weighted by Crippen LogP contribution is 2.33. The van der Waals surface area contributed by atoms with E-state index in [0.29, 0.717) is 41.5 Å². The Morgan fingerprint density at radius 2 is 1.50 bits per heavy atom. The van der Waals surface area contributed by atoms with Crippen molar-refractivity contribution in [2.45, 2.75) is 24.7 Å². The largest absolute Gasteiger partial charge is 0.495 e. The quantitative estimate of drug-likeness (QED) is 0.582. The average molecular weight is 492 g/mol. The number of anilines is 2. The molecule has 2 aromatic carbocycles. The third-order valence-corrected chi connectivity index (χ3v) is 7.49. The van der Waals surface area contributed by atoms with Crippen LogP contribution in [0.3, 0.4) is 0 Å². The van der Waals surface area contributed by atoms with E-state index in [2.05, 4.69) is 10.6 Å². The van der Waals surface area contributed by atoms with E-state index >= 15 is 0 Å². The Morgan fingerprint density at radius 3 is 2.09 bits per heavy atom. The molecule has 2 amide bonds. The molecule has 2 aromatic rings. The third kappa shape index (κ3) is 5.60. The molecule has 3 rings (SSSR count). The number of nitrogens with zero attached hydrogens (tertiary/aromatic N) is 1. The minimum Gasteiger partial charge on any atom is -0.495 e. The lowest BCUT2D eigenvalue weighted by molar-refractivity contribution is -0.121. The predicted octanol–water partition coefficient (Wildman–Crippen LogP) is 2.71. The Kier molecular flexibility index (Phi) is 8.00. The van der Waals surface area contributed by atoms with Crippen LogP contribution in [-0.4, -0.2) is 59.0 Å². The van der Waals surface area contributed by atoms with E-state index in [9.17, 15) is 18.0 Å². The van der Waals surface area contributed by atoms with Gasteiger partial charge in [0.25, 0.3) is 0 Å². The minimum atomic E-state index is -3.75. The fourth-order valence-electron chi connectivity index (χ4n) is 3.81. The lowest BCUT2D eigenvalue weighted by Gasteiger charge is -2.30. The lowest BCUT2D eigenvalue weighted by Crippen LogP contribution is -2.41. The molecule has 0 spiro atoms. The number of benzene rings is 2. The summed E-state index contributed by atoms with van der Waals surface area (Å²) >= 11 is 0. The van der Waals surface area contributed by atoms with Crippen molar-refractivity contribution in [1.29, 1.82) is 0 Å².